The standard InChI is InChI=1S/C19H31N3O/c1-5-16-7-6-12-22(13-16)19(3,4)14-20-18(23)21-17-10-8-15(2)9-11-17/h8-11,16H,5-7,12-14H2,1-4H3,(H2,20,21,23)/t16-/m1/s1. The Kier molecular flexibility index (Phi) is 6.05. The molecule has 23 heavy (non-hydrogen) atoms. The number of piperidine rings is 1. The predicted molar refractivity (Wildman–Crippen MR) is 96.9 cm³/mol. The van der Waals surface area contributed by atoms with Gasteiger partial charge in [0.15, 0.2) is 0 Å². The van der Waals surface area contributed by atoms with Crippen LogP contribution in [0.5, 0.6) is 0 Å². The summed E-state index contributed by atoms with van der Waals surface area (Å²) in [7, 11) is 0. The Labute approximate surface area is 140 Å². The number of anilines is 1. The average molecular weight is 317 g/mol. The van der Waals surface area contributed by atoms with E-state index in [-0.39, 0.29) is 11.6 Å². The van der Waals surface area contributed by atoms with E-state index < -0.39 is 0 Å². The third-order valence-electron chi connectivity index (χ3n) is 4.94. The predicted octanol–water partition coefficient (Wildman–Crippen LogP) is 4.02. The van der Waals surface area contributed by atoms with E-state index in [9.17, 15) is 4.79 Å². The first-order valence-corrected chi connectivity index (χ1v) is 8.77. The average Bonchev–Trinajstić information content (AvgIpc) is 2.55. The van der Waals surface area contributed by atoms with Crippen molar-refractivity contribution in [2.24, 2.45) is 5.92 Å². The molecule has 2 amide bonds. The Morgan fingerprint density at radius 3 is 2.65 bits per heavy atom. The van der Waals surface area contributed by atoms with Gasteiger partial charge in [-0.15, -0.1) is 0 Å². The largest absolute Gasteiger partial charge is 0.336 e. The van der Waals surface area contributed by atoms with E-state index >= 15 is 0 Å². The number of likely N-dealkylation sites (tertiary alicyclic amines) is 1. The molecule has 0 saturated carbocycles. The van der Waals surface area contributed by atoms with E-state index in [2.05, 4.69) is 36.3 Å². The van der Waals surface area contributed by atoms with Gasteiger partial charge in [0, 0.05) is 24.3 Å². The van der Waals surface area contributed by atoms with E-state index in [4.69, 9.17) is 0 Å². The number of nitrogens with zero attached hydrogens (tertiary/aromatic N) is 1. The SMILES string of the molecule is CC[C@@H]1CCCN(C(C)(C)CNC(=O)Nc2ccc(C)cc2)C1. The van der Waals surface area contributed by atoms with Crippen molar-refractivity contribution in [1.29, 1.82) is 0 Å². The summed E-state index contributed by atoms with van der Waals surface area (Å²) < 4.78 is 0. The fourth-order valence-electron chi connectivity index (χ4n) is 3.17. The van der Waals surface area contributed by atoms with Crippen LogP contribution in [-0.4, -0.2) is 36.1 Å². The van der Waals surface area contributed by atoms with Gasteiger partial charge in [0.1, 0.15) is 0 Å². The van der Waals surface area contributed by atoms with E-state index in [1.165, 1.54) is 24.8 Å². The monoisotopic (exact) mass is 317 g/mol. The molecule has 1 fully saturated rings. The maximum Gasteiger partial charge on any atom is 0.319 e. The second-order valence-electron chi connectivity index (χ2n) is 7.35. The van der Waals surface area contributed by atoms with Crippen molar-refractivity contribution in [2.75, 3.05) is 25.0 Å². The molecule has 4 nitrogen and oxygen atoms in total. The lowest BCUT2D eigenvalue weighted by Gasteiger charge is -2.43. The molecule has 0 spiro atoms. The number of amides is 2. The number of hydrogen-bond acceptors (Lipinski definition) is 2. The summed E-state index contributed by atoms with van der Waals surface area (Å²) in [6.45, 7) is 11.7. The van der Waals surface area contributed by atoms with Crippen LogP contribution in [0, 0.1) is 12.8 Å². The topological polar surface area (TPSA) is 44.4 Å². The van der Waals surface area contributed by atoms with Gasteiger partial charge in [-0.2, -0.15) is 0 Å². The Morgan fingerprint density at radius 2 is 2.00 bits per heavy atom. The zero-order valence-corrected chi connectivity index (χ0v) is 15.0. The molecule has 1 aromatic carbocycles. The first-order valence-electron chi connectivity index (χ1n) is 8.77. The Morgan fingerprint density at radius 1 is 1.30 bits per heavy atom. The Balaban J connectivity index is 1.83. The zero-order chi connectivity index (χ0) is 16.9. The minimum Gasteiger partial charge on any atom is -0.336 e. The number of carbonyl (C=O) groups is 1. The summed E-state index contributed by atoms with van der Waals surface area (Å²) in [4.78, 5) is 14.6. The molecule has 1 saturated heterocycles. The normalized spacial score (nSPS) is 19.4. The lowest BCUT2D eigenvalue weighted by Crippen LogP contribution is -2.55. The minimum atomic E-state index is -0.133. The number of rotatable bonds is 5. The molecule has 1 heterocycles. The number of urea groups is 1. The van der Waals surface area contributed by atoms with Crippen LogP contribution in [0.15, 0.2) is 24.3 Å². The van der Waals surface area contributed by atoms with Gasteiger partial charge in [0.2, 0.25) is 0 Å². The van der Waals surface area contributed by atoms with Crippen LogP contribution in [0.25, 0.3) is 0 Å². The van der Waals surface area contributed by atoms with Gasteiger partial charge in [-0.1, -0.05) is 31.0 Å². The third kappa shape index (κ3) is 5.24. The van der Waals surface area contributed by atoms with E-state index in [0.29, 0.717) is 6.54 Å². The lowest BCUT2D eigenvalue weighted by molar-refractivity contribution is 0.0669. The minimum absolute atomic E-state index is 0.0154. The lowest BCUT2D eigenvalue weighted by atomic mass is 9.91. The summed E-state index contributed by atoms with van der Waals surface area (Å²) in [5, 5.41) is 5.92. The second kappa shape index (κ2) is 7.82. The van der Waals surface area contributed by atoms with Crippen molar-refractivity contribution in [3.8, 4) is 0 Å². The van der Waals surface area contributed by atoms with Crippen LogP contribution < -0.4 is 10.6 Å². The fourth-order valence-corrected chi connectivity index (χ4v) is 3.17. The fraction of sp³-hybridized carbons (Fsp3) is 0.632. The van der Waals surface area contributed by atoms with Gasteiger partial charge >= 0.3 is 6.03 Å². The van der Waals surface area contributed by atoms with Crippen LogP contribution in [0.4, 0.5) is 10.5 Å². The van der Waals surface area contributed by atoms with Gasteiger partial charge in [0.05, 0.1) is 0 Å². The van der Waals surface area contributed by atoms with Crippen molar-refractivity contribution in [3.63, 3.8) is 0 Å². The van der Waals surface area contributed by atoms with Gasteiger partial charge in [-0.05, 0) is 58.2 Å². The molecule has 0 aromatic heterocycles. The number of benzene rings is 1. The van der Waals surface area contributed by atoms with Crippen molar-refractivity contribution in [2.45, 2.75) is 52.5 Å². The van der Waals surface area contributed by atoms with Gasteiger partial charge < -0.3 is 10.6 Å². The van der Waals surface area contributed by atoms with Crippen LogP contribution in [0.1, 0.15) is 45.6 Å². The van der Waals surface area contributed by atoms with Crippen molar-refractivity contribution in [1.82, 2.24) is 10.2 Å². The molecule has 2 rings (SSSR count). The van der Waals surface area contributed by atoms with Crippen molar-refractivity contribution >= 4 is 11.7 Å². The molecule has 4 heteroatoms. The summed E-state index contributed by atoms with van der Waals surface area (Å²) in [5.74, 6) is 0.796. The molecule has 1 aliphatic heterocycles. The smallest absolute Gasteiger partial charge is 0.319 e. The van der Waals surface area contributed by atoms with Gasteiger partial charge in [-0.25, -0.2) is 4.79 Å². The molecule has 1 aromatic rings. The molecule has 128 valence electrons. The van der Waals surface area contributed by atoms with Crippen LogP contribution in [0.2, 0.25) is 0 Å². The van der Waals surface area contributed by atoms with E-state index in [0.717, 1.165) is 24.7 Å². The van der Waals surface area contributed by atoms with Crippen LogP contribution >= 0.6 is 0 Å². The number of aryl methyl sites for hydroxylation is 1. The first kappa shape index (κ1) is 17.8. The molecule has 2 N–H and O–H groups in total. The second-order valence-corrected chi connectivity index (χ2v) is 7.35. The maximum absolute atomic E-state index is 12.1. The van der Waals surface area contributed by atoms with E-state index in [1.54, 1.807) is 0 Å². The number of hydrogen-bond donors (Lipinski definition) is 2. The molecule has 0 radical (unpaired) electrons. The highest BCUT2D eigenvalue weighted by Crippen LogP contribution is 2.25. The summed E-state index contributed by atoms with van der Waals surface area (Å²) in [5.41, 5.74) is 2.00. The molecular weight excluding hydrogens is 286 g/mol. The Bertz CT molecular complexity index is 510. The van der Waals surface area contributed by atoms with Gasteiger partial charge in [-0.3, -0.25) is 4.90 Å². The summed E-state index contributed by atoms with van der Waals surface area (Å²) in [6.07, 6.45) is 3.84. The maximum atomic E-state index is 12.1. The van der Waals surface area contributed by atoms with Crippen molar-refractivity contribution < 1.29 is 4.79 Å². The summed E-state index contributed by atoms with van der Waals surface area (Å²) in [6, 6.07) is 7.72. The zero-order valence-electron chi connectivity index (χ0n) is 15.0. The summed E-state index contributed by atoms with van der Waals surface area (Å²) >= 11 is 0. The highest BCUT2D eigenvalue weighted by molar-refractivity contribution is 5.89. The van der Waals surface area contributed by atoms with Crippen LogP contribution in [-0.2, 0) is 0 Å². The van der Waals surface area contributed by atoms with Crippen molar-refractivity contribution in [3.05, 3.63) is 29.8 Å². The Hall–Kier alpha value is -1.55. The molecular formula is C19H31N3O. The molecule has 0 aliphatic carbocycles. The third-order valence-corrected chi connectivity index (χ3v) is 4.94. The quantitative estimate of drug-likeness (QED) is 0.861. The first-order chi connectivity index (χ1) is 10.9. The highest BCUT2D eigenvalue weighted by Gasteiger charge is 2.31. The van der Waals surface area contributed by atoms with Gasteiger partial charge in [0.25, 0.3) is 0 Å². The molecule has 0 bridgehead atoms. The molecule has 1 aliphatic rings. The number of nitrogens with one attached hydrogen (secondary N) is 2. The van der Waals surface area contributed by atoms with Crippen LogP contribution in [0.3, 0.4) is 0 Å². The highest BCUT2D eigenvalue weighted by atomic mass is 16.2. The molecule has 0 unspecified atom stereocenters. The molecule has 1 atom stereocenters. The van der Waals surface area contributed by atoms with E-state index in [1.807, 2.05) is 31.2 Å². The number of carbonyl (C=O) groups excluding carboxylic acids is 1.